The Morgan fingerprint density at radius 3 is 2.55 bits per heavy atom. The predicted octanol–water partition coefficient (Wildman–Crippen LogP) is 8.85. The zero-order valence-corrected chi connectivity index (χ0v) is 24.1. The fourth-order valence-electron chi connectivity index (χ4n) is 3.77. The Morgan fingerprint density at radius 2 is 1.82 bits per heavy atom. The molecule has 38 heavy (non-hydrogen) atoms. The van der Waals surface area contributed by atoms with Gasteiger partial charge >= 0.3 is 0 Å². The van der Waals surface area contributed by atoms with Gasteiger partial charge in [-0.2, -0.15) is 0 Å². The maximum absolute atomic E-state index is 14.2. The number of anilines is 2. The number of nitrogens with one attached hydrogen (secondary N) is 2. The maximum Gasteiger partial charge on any atom is 0.265 e. The highest BCUT2D eigenvalue weighted by atomic mass is 35.5. The molecule has 4 rings (SSSR count). The van der Waals surface area contributed by atoms with Crippen LogP contribution >= 0.6 is 46.6 Å². The lowest BCUT2D eigenvalue weighted by Crippen LogP contribution is -2.10. The molecule has 0 unspecified atom stereocenters. The first-order chi connectivity index (χ1) is 18.2. The van der Waals surface area contributed by atoms with Crippen LogP contribution in [0.2, 0.25) is 5.02 Å². The molecule has 1 amide bonds. The van der Waals surface area contributed by atoms with Gasteiger partial charge in [0.15, 0.2) is 0 Å². The molecule has 0 saturated carbocycles. The fourth-order valence-corrected chi connectivity index (χ4v) is 5.76. The topological polar surface area (TPSA) is 63.2 Å². The normalized spacial score (nSPS) is 11.8. The van der Waals surface area contributed by atoms with Crippen LogP contribution in [0.4, 0.5) is 20.2 Å². The monoisotopic (exact) mass is 591 g/mol. The van der Waals surface area contributed by atoms with Crippen LogP contribution in [0, 0.1) is 18.6 Å². The van der Waals surface area contributed by atoms with Crippen LogP contribution in [0.3, 0.4) is 0 Å². The van der Waals surface area contributed by atoms with Crippen molar-refractivity contribution < 1.29 is 18.3 Å². The van der Waals surface area contributed by atoms with E-state index in [-0.39, 0.29) is 17.5 Å². The van der Waals surface area contributed by atoms with Crippen LogP contribution in [0.5, 0.6) is 5.75 Å². The van der Waals surface area contributed by atoms with Gasteiger partial charge < -0.3 is 14.8 Å². The minimum absolute atomic E-state index is 0.197. The van der Waals surface area contributed by atoms with E-state index in [0.29, 0.717) is 32.4 Å². The van der Waals surface area contributed by atoms with Gasteiger partial charge in [0, 0.05) is 44.1 Å². The number of amides is 1. The number of rotatable bonds is 9. The highest BCUT2D eigenvalue weighted by molar-refractivity contribution is 7.99. The molecule has 0 saturated heterocycles. The molecule has 1 atom stereocenters. The van der Waals surface area contributed by atoms with Crippen molar-refractivity contribution >= 4 is 63.9 Å². The average Bonchev–Trinajstić information content (AvgIpc) is 3.25. The van der Waals surface area contributed by atoms with Gasteiger partial charge in [-0.1, -0.05) is 23.5 Å². The van der Waals surface area contributed by atoms with Gasteiger partial charge in [-0.05, 0) is 68.1 Å². The standard InChI is InChI=1S/C27H24ClF2N3O2S3/c1-14(16-5-18(29)9-22(6-16)36-3)35-24-10-19(30)13-31-26(24)23-12-25(38-15(23)2)27(34)32-20-7-17(28)8-21(11-20)33-37-4/h5-14,33H,1-4H3,(H,32,34)/t14-/m1/s1. The Bertz CT molecular complexity index is 1480. The number of hydrogen-bond donors (Lipinski definition) is 2. The number of carbonyl (C=O) groups excluding carboxylic acids is 1. The summed E-state index contributed by atoms with van der Waals surface area (Å²) in [6.07, 6.45) is 4.27. The summed E-state index contributed by atoms with van der Waals surface area (Å²) >= 11 is 10.3. The molecular weight excluding hydrogens is 568 g/mol. The summed E-state index contributed by atoms with van der Waals surface area (Å²) in [6, 6.07) is 12.8. The Balaban J connectivity index is 1.61. The lowest BCUT2D eigenvalue weighted by atomic mass is 10.1. The van der Waals surface area contributed by atoms with E-state index in [9.17, 15) is 13.6 Å². The van der Waals surface area contributed by atoms with E-state index >= 15 is 0 Å². The molecule has 0 aliphatic rings. The van der Waals surface area contributed by atoms with Crippen molar-refractivity contribution in [1.82, 2.24) is 4.98 Å². The molecule has 0 bridgehead atoms. The molecule has 5 nitrogen and oxygen atoms in total. The summed E-state index contributed by atoms with van der Waals surface area (Å²) in [6.45, 7) is 3.62. The van der Waals surface area contributed by atoms with Crippen molar-refractivity contribution in [1.29, 1.82) is 0 Å². The molecule has 0 aliphatic carbocycles. The van der Waals surface area contributed by atoms with E-state index in [0.717, 1.165) is 21.7 Å². The third kappa shape index (κ3) is 6.79. The highest BCUT2D eigenvalue weighted by Crippen LogP contribution is 2.38. The summed E-state index contributed by atoms with van der Waals surface area (Å²) in [5, 5.41) is 3.36. The second kappa shape index (κ2) is 12.4. The maximum atomic E-state index is 14.2. The van der Waals surface area contributed by atoms with Crippen LogP contribution in [-0.2, 0) is 0 Å². The first kappa shape index (κ1) is 28.2. The molecule has 2 aromatic carbocycles. The van der Waals surface area contributed by atoms with E-state index in [4.69, 9.17) is 16.3 Å². The van der Waals surface area contributed by atoms with Crippen LogP contribution < -0.4 is 14.8 Å². The van der Waals surface area contributed by atoms with E-state index < -0.39 is 11.9 Å². The second-order valence-electron chi connectivity index (χ2n) is 8.25. The zero-order valence-electron chi connectivity index (χ0n) is 20.9. The van der Waals surface area contributed by atoms with Crippen molar-refractivity contribution in [2.45, 2.75) is 24.8 Å². The number of ether oxygens (including phenoxy) is 1. The minimum atomic E-state index is -0.576. The number of carbonyl (C=O) groups is 1. The largest absolute Gasteiger partial charge is 0.484 e. The number of thiophene rings is 1. The first-order valence-electron chi connectivity index (χ1n) is 11.3. The fraction of sp³-hybridized carbons (Fsp3) is 0.185. The van der Waals surface area contributed by atoms with Gasteiger partial charge in [0.2, 0.25) is 0 Å². The van der Waals surface area contributed by atoms with Crippen molar-refractivity contribution in [3.05, 3.63) is 86.7 Å². The van der Waals surface area contributed by atoms with Gasteiger partial charge in [-0.15, -0.1) is 23.1 Å². The number of thioether (sulfide) groups is 1. The number of benzene rings is 2. The summed E-state index contributed by atoms with van der Waals surface area (Å²) in [5.74, 6) is -1.06. The first-order valence-corrected chi connectivity index (χ1v) is 15.0. The zero-order chi connectivity index (χ0) is 27.4. The van der Waals surface area contributed by atoms with Gasteiger partial charge in [0.25, 0.3) is 5.91 Å². The minimum Gasteiger partial charge on any atom is -0.484 e. The highest BCUT2D eigenvalue weighted by Gasteiger charge is 2.21. The van der Waals surface area contributed by atoms with Crippen molar-refractivity contribution in [2.75, 3.05) is 22.6 Å². The predicted molar refractivity (Wildman–Crippen MR) is 156 cm³/mol. The van der Waals surface area contributed by atoms with Gasteiger partial charge in [-0.3, -0.25) is 4.79 Å². The van der Waals surface area contributed by atoms with Crippen LogP contribution in [-0.4, -0.2) is 23.4 Å². The van der Waals surface area contributed by atoms with E-state index in [1.54, 1.807) is 31.2 Å². The molecule has 2 aromatic heterocycles. The summed E-state index contributed by atoms with van der Waals surface area (Å²) in [4.78, 5) is 19.3. The summed E-state index contributed by atoms with van der Waals surface area (Å²) in [7, 11) is 0. The van der Waals surface area contributed by atoms with Gasteiger partial charge in [0.05, 0.1) is 11.1 Å². The summed E-state index contributed by atoms with van der Waals surface area (Å²) < 4.78 is 37.5. The molecule has 0 fully saturated rings. The van der Waals surface area contributed by atoms with Crippen LogP contribution in [0.25, 0.3) is 11.3 Å². The van der Waals surface area contributed by atoms with E-state index in [1.807, 2.05) is 25.5 Å². The number of aromatic nitrogens is 1. The number of nitrogens with zero attached hydrogens (tertiary/aromatic N) is 1. The van der Waals surface area contributed by atoms with Crippen molar-refractivity contribution in [2.24, 2.45) is 0 Å². The molecule has 0 aliphatic heterocycles. The van der Waals surface area contributed by atoms with E-state index in [2.05, 4.69) is 15.0 Å². The molecule has 4 aromatic rings. The molecule has 2 N–H and O–H groups in total. The molecule has 0 spiro atoms. The number of pyridine rings is 1. The van der Waals surface area contributed by atoms with Gasteiger partial charge in [-0.25, -0.2) is 13.8 Å². The SMILES string of the molecule is CSNc1cc(Cl)cc(NC(=O)c2cc(-c3ncc(F)cc3O[C@H](C)c3cc(F)cc(SC)c3)c(C)s2)c1. The Hall–Kier alpha value is -2.79. The number of aryl methyl sites for hydroxylation is 1. The second-order valence-corrected chi connectivity index (χ2v) is 11.4. The number of halogens is 3. The molecule has 198 valence electrons. The lowest BCUT2D eigenvalue weighted by molar-refractivity contribution is 0.103. The molecule has 0 radical (unpaired) electrons. The van der Waals surface area contributed by atoms with Gasteiger partial charge in [0.1, 0.15) is 29.2 Å². The van der Waals surface area contributed by atoms with Crippen LogP contribution in [0.1, 0.15) is 33.1 Å². The molecule has 2 heterocycles. The van der Waals surface area contributed by atoms with Crippen molar-refractivity contribution in [3.8, 4) is 17.0 Å². The lowest BCUT2D eigenvalue weighted by Gasteiger charge is -2.18. The Kier molecular flexibility index (Phi) is 9.19. The Labute approximate surface area is 237 Å². The Morgan fingerprint density at radius 1 is 1.05 bits per heavy atom. The third-order valence-corrected chi connectivity index (χ3v) is 7.91. The quantitative estimate of drug-likeness (QED) is 0.150. The molecular formula is C27H24ClF2N3O2S3. The van der Waals surface area contributed by atoms with Crippen LogP contribution in [0.15, 0.2) is 59.6 Å². The summed E-state index contributed by atoms with van der Waals surface area (Å²) in [5.41, 5.74) is 2.95. The molecule has 11 heteroatoms. The van der Waals surface area contributed by atoms with Crippen molar-refractivity contribution in [3.63, 3.8) is 0 Å². The third-order valence-electron chi connectivity index (χ3n) is 5.49. The number of hydrogen-bond acceptors (Lipinski definition) is 7. The smallest absolute Gasteiger partial charge is 0.265 e. The average molecular weight is 592 g/mol. The van der Waals surface area contributed by atoms with E-state index in [1.165, 1.54) is 53.2 Å².